The summed E-state index contributed by atoms with van der Waals surface area (Å²) >= 11 is 7.19. The zero-order valence-corrected chi connectivity index (χ0v) is 19.1. The molecule has 176 valence electrons. The lowest BCUT2D eigenvalue weighted by Gasteiger charge is -2.25. The first-order valence-electron chi connectivity index (χ1n) is 10.1. The van der Waals surface area contributed by atoms with Gasteiger partial charge in [0.05, 0.1) is 11.3 Å². The Morgan fingerprint density at radius 3 is 2.47 bits per heavy atom. The number of hydrogen-bond acceptors (Lipinski definition) is 4. The van der Waals surface area contributed by atoms with Crippen LogP contribution >= 0.6 is 23.4 Å². The number of hydrogen-bond donors (Lipinski definition) is 1. The summed E-state index contributed by atoms with van der Waals surface area (Å²) < 4.78 is 44.1. The van der Waals surface area contributed by atoms with E-state index >= 15 is 0 Å². The molecule has 0 aromatic heterocycles. The minimum absolute atomic E-state index is 0.192. The molecule has 1 N–H and O–H groups in total. The highest BCUT2D eigenvalue weighted by Gasteiger charge is 2.35. The molecule has 0 saturated carbocycles. The van der Waals surface area contributed by atoms with E-state index < -0.39 is 17.1 Å². The van der Waals surface area contributed by atoms with Crippen LogP contribution in [0.5, 0.6) is 5.75 Å². The predicted octanol–water partition coefficient (Wildman–Crippen LogP) is 6.15. The minimum Gasteiger partial charge on any atom is -0.484 e. The maximum absolute atomic E-state index is 12.9. The topological polar surface area (TPSA) is 58.6 Å². The van der Waals surface area contributed by atoms with Crippen molar-refractivity contribution in [3.63, 3.8) is 0 Å². The van der Waals surface area contributed by atoms with Crippen LogP contribution in [-0.4, -0.2) is 24.2 Å². The Balaban J connectivity index is 1.45. The van der Waals surface area contributed by atoms with E-state index in [4.69, 9.17) is 16.3 Å². The summed E-state index contributed by atoms with van der Waals surface area (Å²) in [5, 5.41) is 2.87. The first kappa shape index (κ1) is 24.0. The molecule has 3 aromatic rings. The molecular formula is C24H18ClF3N2O3S. The van der Waals surface area contributed by atoms with E-state index in [1.807, 2.05) is 0 Å². The van der Waals surface area contributed by atoms with Crippen molar-refractivity contribution in [1.82, 2.24) is 0 Å². The van der Waals surface area contributed by atoms with Gasteiger partial charge in [-0.2, -0.15) is 13.2 Å². The summed E-state index contributed by atoms with van der Waals surface area (Å²) in [6, 6.07) is 18.1. The summed E-state index contributed by atoms with van der Waals surface area (Å²) in [4.78, 5) is 26.3. The van der Waals surface area contributed by atoms with Crippen LogP contribution in [0.15, 0.2) is 72.8 Å². The highest BCUT2D eigenvalue weighted by molar-refractivity contribution is 8.00. The Labute approximate surface area is 202 Å². The Hall–Kier alpha value is -3.17. The quantitative estimate of drug-likeness (QED) is 0.435. The van der Waals surface area contributed by atoms with Crippen LogP contribution < -0.4 is 15.0 Å². The fourth-order valence-electron chi connectivity index (χ4n) is 3.41. The molecule has 34 heavy (non-hydrogen) atoms. The third kappa shape index (κ3) is 5.66. The van der Waals surface area contributed by atoms with E-state index in [1.165, 1.54) is 28.8 Å². The van der Waals surface area contributed by atoms with E-state index in [-0.39, 0.29) is 24.2 Å². The first-order chi connectivity index (χ1) is 16.2. The van der Waals surface area contributed by atoms with E-state index in [0.29, 0.717) is 22.1 Å². The fourth-order valence-corrected chi connectivity index (χ4v) is 4.70. The molecule has 1 aliphatic heterocycles. The van der Waals surface area contributed by atoms with Gasteiger partial charge in [-0.3, -0.25) is 14.5 Å². The maximum Gasteiger partial charge on any atom is 0.416 e. The second-order valence-electron chi connectivity index (χ2n) is 7.39. The van der Waals surface area contributed by atoms with Gasteiger partial charge in [-0.1, -0.05) is 23.7 Å². The highest BCUT2D eigenvalue weighted by Crippen LogP contribution is 2.43. The predicted molar refractivity (Wildman–Crippen MR) is 126 cm³/mol. The molecule has 2 amide bonds. The number of anilines is 2. The normalized spacial score (nSPS) is 15.9. The number of carbonyl (C=O) groups is 2. The number of ether oxygens (including phenoxy) is 1. The average Bonchev–Trinajstić information content (AvgIpc) is 3.20. The van der Waals surface area contributed by atoms with Crippen LogP contribution in [0.3, 0.4) is 0 Å². The van der Waals surface area contributed by atoms with Gasteiger partial charge in [-0.25, -0.2) is 0 Å². The van der Waals surface area contributed by atoms with Gasteiger partial charge < -0.3 is 10.1 Å². The molecule has 10 heteroatoms. The van der Waals surface area contributed by atoms with E-state index in [9.17, 15) is 22.8 Å². The van der Waals surface area contributed by atoms with Crippen molar-refractivity contribution in [1.29, 1.82) is 0 Å². The van der Waals surface area contributed by atoms with Crippen molar-refractivity contribution in [2.24, 2.45) is 0 Å². The second kappa shape index (κ2) is 9.99. The average molecular weight is 507 g/mol. The van der Waals surface area contributed by atoms with Crippen molar-refractivity contribution < 1.29 is 27.5 Å². The Morgan fingerprint density at radius 2 is 1.79 bits per heavy atom. The summed E-state index contributed by atoms with van der Waals surface area (Å²) in [5.74, 6) is 0.112. The van der Waals surface area contributed by atoms with Crippen LogP contribution in [0, 0.1) is 0 Å². The fraction of sp³-hybridized carbons (Fsp3) is 0.167. The summed E-state index contributed by atoms with van der Waals surface area (Å²) in [6.07, 6.45) is -4.45. The number of nitrogens with one attached hydrogen (secondary N) is 1. The number of alkyl halides is 3. The van der Waals surface area contributed by atoms with E-state index in [1.54, 1.807) is 48.5 Å². The van der Waals surface area contributed by atoms with Gasteiger partial charge in [0.1, 0.15) is 11.1 Å². The smallest absolute Gasteiger partial charge is 0.416 e. The third-order valence-corrected chi connectivity index (χ3v) is 6.44. The molecule has 0 bridgehead atoms. The van der Waals surface area contributed by atoms with Crippen LogP contribution in [0.25, 0.3) is 0 Å². The van der Waals surface area contributed by atoms with Gasteiger partial charge >= 0.3 is 6.18 Å². The molecule has 0 aliphatic carbocycles. The van der Waals surface area contributed by atoms with Crippen molar-refractivity contribution in [2.45, 2.75) is 11.6 Å². The van der Waals surface area contributed by atoms with Crippen molar-refractivity contribution >= 4 is 46.6 Å². The zero-order chi connectivity index (χ0) is 24.3. The largest absolute Gasteiger partial charge is 0.484 e. The molecule has 1 aliphatic rings. The van der Waals surface area contributed by atoms with Crippen LogP contribution in [-0.2, 0) is 15.8 Å². The summed E-state index contributed by atoms with van der Waals surface area (Å²) in [5.41, 5.74) is 0.832. The Kier molecular flexibility index (Phi) is 7.04. The SMILES string of the molecule is O=C(COc1ccc(Cl)cc1)Nc1cccc([C@@H]2SCC(=O)N2c2ccc(C(F)(F)F)cc2)c1. The van der Waals surface area contributed by atoms with Crippen molar-refractivity contribution in [3.8, 4) is 5.75 Å². The molecule has 1 atom stereocenters. The first-order valence-corrected chi connectivity index (χ1v) is 11.5. The van der Waals surface area contributed by atoms with Crippen LogP contribution in [0.1, 0.15) is 16.5 Å². The molecule has 0 unspecified atom stereocenters. The second-order valence-corrected chi connectivity index (χ2v) is 8.89. The van der Waals surface area contributed by atoms with Gasteiger partial charge in [-0.15, -0.1) is 11.8 Å². The number of benzene rings is 3. The molecule has 1 fully saturated rings. The standard InChI is InChI=1S/C24H18ClF3N2O3S/c25-17-6-10-20(11-7-17)33-13-21(31)29-18-3-1-2-15(12-18)23-30(22(32)14-34-23)19-8-4-16(5-9-19)24(26,27)28/h1-12,23H,13-14H2,(H,29,31)/t23-/m0/s1. The van der Waals surface area contributed by atoms with Crippen molar-refractivity contribution in [3.05, 3.63) is 88.9 Å². The molecule has 3 aromatic carbocycles. The van der Waals surface area contributed by atoms with Crippen molar-refractivity contribution in [2.75, 3.05) is 22.6 Å². The number of carbonyl (C=O) groups excluding carboxylic acids is 2. The number of halogens is 4. The molecule has 1 saturated heterocycles. The highest BCUT2D eigenvalue weighted by atomic mass is 35.5. The van der Waals surface area contributed by atoms with Gasteiger partial charge in [0.25, 0.3) is 5.91 Å². The van der Waals surface area contributed by atoms with E-state index in [2.05, 4.69) is 5.32 Å². The van der Waals surface area contributed by atoms with E-state index in [0.717, 1.165) is 17.7 Å². The number of amides is 2. The monoisotopic (exact) mass is 506 g/mol. The number of rotatable bonds is 6. The molecule has 1 heterocycles. The maximum atomic E-state index is 12.9. The third-order valence-electron chi connectivity index (χ3n) is 4.98. The summed E-state index contributed by atoms with van der Waals surface area (Å²) in [6.45, 7) is -0.208. The number of nitrogens with zero attached hydrogens (tertiary/aromatic N) is 1. The lowest BCUT2D eigenvalue weighted by atomic mass is 10.1. The Bertz CT molecular complexity index is 1190. The van der Waals surface area contributed by atoms with Gasteiger partial charge in [0.2, 0.25) is 5.91 Å². The summed E-state index contributed by atoms with van der Waals surface area (Å²) in [7, 11) is 0. The lowest BCUT2D eigenvalue weighted by Crippen LogP contribution is -2.28. The molecule has 0 spiro atoms. The molecule has 5 nitrogen and oxygen atoms in total. The van der Waals surface area contributed by atoms with Gasteiger partial charge in [0.15, 0.2) is 6.61 Å². The zero-order valence-electron chi connectivity index (χ0n) is 17.5. The molecular weight excluding hydrogens is 489 g/mol. The molecule has 0 radical (unpaired) electrons. The van der Waals surface area contributed by atoms with Crippen LogP contribution in [0.4, 0.5) is 24.5 Å². The van der Waals surface area contributed by atoms with Gasteiger partial charge in [0, 0.05) is 16.4 Å². The molecule has 4 rings (SSSR count). The van der Waals surface area contributed by atoms with Crippen LogP contribution in [0.2, 0.25) is 5.02 Å². The Morgan fingerprint density at radius 1 is 1.09 bits per heavy atom. The lowest BCUT2D eigenvalue weighted by molar-refractivity contribution is -0.137. The van der Waals surface area contributed by atoms with Gasteiger partial charge in [-0.05, 0) is 66.2 Å². The number of thioether (sulfide) groups is 1. The minimum atomic E-state index is -4.45.